The zero-order valence-corrected chi connectivity index (χ0v) is 12.6. The Labute approximate surface area is 125 Å². The van der Waals surface area contributed by atoms with Gasteiger partial charge in [-0.1, -0.05) is 28.1 Å². The first kappa shape index (κ1) is 12.9. The van der Waals surface area contributed by atoms with E-state index in [4.69, 9.17) is 11.6 Å². The van der Waals surface area contributed by atoms with Crippen molar-refractivity contribution in [3.63, 3.8) is 0 Å². The number of hydrogen-bond acceptors (Lipinski definition) is 1. The smallest absolute Gasteiger partial charge is 0.227 e. The minimum absolute atomic E-state index is 0.169. The fourth-order valence-corrected chi connectivity index (χ4v) is 3.09. The predicted octanol–water partition coefficient (Wildman–Crippen LogP) is 4.19. The van der Waals surface area contributed by atoms with Crippen LogP contribution < -0.4 is 4.90 Å². The van der Waals surface area contributed by atoms with Gasteiger partial charge in [0.05, 0.1) is 0 Å². The summed E-state index contributed by atoms with van der Waals surface area (Å²) in [5.41, 5.74) is 0.965. The number of rotatable bonds is 2. The van der Waals surface area contributed by atoms with Crippen LogP contribution in [0.2, 0.25) is 0 Å². The molecule has 0 radical (unpaired) electrons. The van der Waals surface area contributed by atoms with Gasteiger partial charge in [-0.05, 0) is 41.0 Å². The fourth-order valence-electron chi connectivity index (χ4n) is 2.51. The highest BCUT2D eigenvalue weighted by Gasteiger charge is 2.29. The molecule has 3 rings (SSSR count). The van der Waals surface area contributed by atoms with Crippen molar-refractivity contribution < 1.29 is 4.79 Å². The fraction of sp³-hybridized carbons (Fsp3) is 0.267. The Balaban J connectivity index is 1.97. The monoisotopic (exact) mass is 337 g/mol. The summed E-state index contributed by atoms with van der Waals surface area (Å²) in [4.78, 5) is 13.8. The van der Waals surface area contributed by atoms with Gasteiger partial charge in [0.15, 0.2) is 0 Å². The maximum Gasteiger partial charge on any atom is 0.227 e. The highest BCUT2D eigenvalue weighted by atomic mass is 79.9. The molecule has 1 amide bonds. The Bertz CT molecular complexity index is 643. The van der Waals surface area contributed by atoms with E-state index < -0.39 is 0 Å². The number of nitrogens with zero attached hydrogens (tertiary/aromatic N) is 1. The Morgan fingerprint density at radius 3 is 2.68 bits per heavy atom. The average molecular weight is 339 g/mol. The van der Waals surface area contributed by atoms with E-state index in [-0.39, 0.29) is 11.8 Å². The van der Waals surface area contributed by atoms with Gasteiger partial charge in [0, 0.05) is 29.0 Å². The summed E-state index contributed by atoms with van der Waals surface area (Å²) in [7, 11) is 0. The molecular weight excluding hydrogens is 326 g/mol. The van der Waals surface area contributed by atoms with E-state index in [2.05, 4.69) is 40.2 Å². The second kappa shape index (κ2) is 5.14. The Morgan fingerprint density at radius 2 is 1.95 bits per heavy atom. The normalized spacial score (nSPS) is 19.4. The van der Waals surface area contributed by atoms with Crippen LogP contribution in [0, 0.1) is 5.92 Å². The van der Waals surface area contributed by atoms with E-state index in [1.807, 2.05) is 17.0 Å². The van der Waals surface area contributed by atoms with Crippen molar-refractivity contribution in [1.82, 2.24) is 0 Å². The van der Waals surface area contributed by atoms with E-state index in [0.29, 0.717) is 12.3 Å². The summed E-state index contributed by atoms with van der Waals surface area (Å²) in [5.74, 6) is 0.986. The van der Waals surface area contributed by atoms with Crippen molar-refractivity contribution in [2.75, 3.05) is 17.3 Å². The van der Waals surface area contributed by atoms with Crippen molar-refractivity contribution in [1.29, 1.82) is 0 Å². The predicted molar refractivity (Wildman–Crippen MR) is 82.8 cm³/mol. The topological polar surface area (TPSA) is 20.3 Å². The number of alkyl halides is 1. The summed E-state index contributed by atoms with van der Waals surface area (Å²) in [6, 6.07) is 12.3. The van der Waals surface area contributed by atoms with Crippen LogP contribution in [0.4, 0.5) is 5.69 Å². The molecule has 0 aromatic heterocycles. The van der Waals surface area contributed by atoms with E-state index in [9.17, 15) is 4.79 Å². The van der Waals surface area contributed by atoms with Gasteiger partial charge in [0.2, 0.25) is 5.91 Å². The molecule has 0 N–H and O–H groups in total. The number of anilines is 1. The minimum atomic E-state index is 0.169. The lowest BCUT2D eigenvalue weighted by molar-refractivity contribution is -0.117. The first-order valence-electron chi connectivity index (χ1n) is 6.23. The molecule has 1 aliphatic heterocycles. The van der Waals surface area contributed by atoms with E-state index in [0.717, 1.165) is 22.1 Å². The number of hydrogen-bond donors (Lipinski definition) is 0. The lowest BCUT2D eigenvalue weighted by atomic mass is 10.1. The molecule has 98 valence electrons. The van der Waals surface area contributed by atoms with Crippen molar-refractivity contribution in [3.05, 3.63) is 40.9 Å². The first-order chi connectivity index (χ1) is 9.17. The molecule has 19 heavy (non-hydrogen) atoms. The summed E-state index contributed by atoms with van der Waals surface area (Å²) in [5, 5.41) is 2.31. The quantitative estimate of drug-likeness (QED) is 0.752. The largest absolute Gasteiger partial charge is 0.312 e. The molecule has 1 aliphatic rings. The van der Waals surface area contributed by atoms with Gasteiger partial charge in [-0.2, -0.15) is 0 Å². The average Bonchev–Trinajstić information content (AvgIpc) is 2.79. The molecule has 2 aromatic carbocycles. The number of amides is 1. The molecule has 2 nitrogen and oxygen atoms in total. The van der Waals surface area contributed by atoms with Crippen LogP contribution in [0.5, 0.6) is 0 Å². The SMILES string of the molecule is O=C1CC(CCl)CN1c1ccc2cc(Br)ccc2c1. The van der Waals surface area contributed by atoms with Crippen molar-refractivity contribution in [2.24, 2.45) is 5.92 Å². The van der Waals surface area contributed by atoms with Crippen molar-refractivity contribution in [3.8, 4) is 0 Å². The van der Waals surface area contributed by atoms with Crippen LogP contribution >= 0.6 is 27.5 Å². The molecule has 0 aliphatic carbocycles. The molecule has 0 spiro atoms. The van der Waals surface area contributed by atoms with E-state index in [1.54, 1.807) is 0 Å². The van der Waals surface area contributed by atoms with Crippen LogP contribution in [-0.4, -0.2) is 18.3 Å². The number of benzene rings is 2. The summed E-state index contributed by atoms with van der Waals surface area (Å²) in [6.45, 7) is 0.727. The van der Waals surface area contributed by atoms with Gasteiger partial charge < -0.3 is 4.90 Å². The van der Waals surface area contributed by atoms with Crippen LogP contribution in [0.25, 0.3) is 10.8 Å². The highest BCUT2D eigenvalue weighted by Crippen LogP contribution is 2.29. The second-order valence-electron chi connectivity index (χ2n) is 4.90. The number of carbonyl (C=O) groups is 1. The minimum Gasteiger partial charge on any atom is -0.312 e. The van der Waals surface area contributed by atoms with Crippen LogP contribution in [0.15, 0.2) is 40.9 Å². The van der Waals surface area contributed by atoms with Gasteiger partial charge in [-0.15, -0.1) is 11.6 Å². The van der Waals surface area contributed by atoms with Crippen molar-refractivity contribution in [2.45, 2.75) is 6.42 Å². The second-order valence-corrected chi connectivity index (χ2v) is 6.13. The first-order valence-corrected chi connectivity index (χ1v) is 7.56. The molecule has 4 heteroatoms. The molecule has 1 heterocycles. The zero-order valence-electron chi connectivity index (χ0n) is 10.3. The Morgan fingerprint density at radius 1 is 1.21 bits per heavy atom. The summed E-state index contributed by atoms with van der Waals surface area (Å²) < 4.78 is 1.06. The van der Waals surface area contributed by atoms with E-state index in [1.165, 1.54) is 5.39 Å². The van der Waals surface area contributed by atoms with Gasteiger partial charge in [0.1, 0.15) is 0 Å². The van der Waals surface area contributed by atoms with Gasteiger partial charge in [-0.25, -0.2) is 0 Å². The molecular formula is C15H13BrClNO. The van der Waals surface area contributed by atoms with Gasteiger partial charge >= 0.3 is 0 Å². The van der Waals surface area contributed by atoms with Crippen molar-refractivity contribution >= 4 is 49.9 Å². The van der Waals surface area contributed by atoms with Gasteiger partial charge in [-0.3, -0.25) is 4.79 Å². The van der Waals surface area contributed by atoms with Crippen LogP contribution in [-0.2, 0) is 4.79 Å². The third-order valence-electron chi connectivity index (χ3n) is 3.52. The van der Waals surface area contributed by atoms with Crippen LogP contribution in [0.3, 0.4) is 0 Å². The maximum absolute atomic E-state index is 12.0. The maximum atomic E-state index is 12.0. The number of carbonyl (C=O) groups excluding carboxylic acids is 1. The Hall–Kier alpha value is -1.06. The third-order valence-corrected chi connectivity index (χ3v) is 4.45. The Kier molecular flexibility index (Phi) is 3.50. The summed E-state index contributed by atoms with van der Waals surface area (Å²) >= 11 is 9.32. The number of fused-ring (bicyclic) bond motifs is 1. The molecule has 1 fully saturated rings. The van der Waals surface area contributed by atoms with Crippen LogP contribution in [0.1, 0.15) is 6.42 Å². The molecule has 1 unspecified atom stereocenters. The molecule has 1 atom stereocenters. The molecule has 1 saturated heterocycles. The lowest BCUT2D eigenvalue weighted by Crippen LogP contribution is -2.24. The van der Waals surface area contributed by atoms with E-state index >= 15 is 0 Å². The standard InChI is InChI=1S/C15H13BrClNO/c16-13-3-1-12-7-14(4-2-11(12)6-13)18-9-10(8-17)5-15(18)19/h1-4,6-7,10H,5,8-9H2. The molecule has 2 aromatic rings. The summed E-state index contributed by atoms with van der Waals surface area (Å²) in [6.07, 6.45) is 0.557. The molecule has 0 bridgehead atoms. The zero-order chi connectivity index (χ0) is 13.4. The molecule has 0 saturated carbocycles. The third kappa shape index (κ3) is 2.49. The number of halogens is 2. The highest BCUT2D eigenvalue weighted by molar-refractivity contribution is 9.10. The lowest BCUT2D eigenvalue weighted by Gasteiger charge is -2.17. The van der Waals surface area contributed by atoms with Gasteiger partial charge in [0.25, 0.3) is 0 Å².